The summed E-state index contributed by atoms with van der Waals surface area (Å²) in [6.45, 7) is 6.65. The van der Waals surface area contributed by atoms with E-state index in [0.717, 1.165) is 15.6 Å². The van der Waals surface area contributed by atoms with E-state index in [4.69, 9.17) is 0 Å². The lowest BCUT2D eigenvalue weighted by Crippen LogP contribution is -2.10. The Hall–Kier alpha value is -1.52. The van der Waals surface area contributed by atoms with Gasteiger partial charge in [0, 0.05) is 15.6 Å². The van der Waals surface area contributed by atoms with Crippen LogP contribution in [0.25, 0.3) is 0 Å². The second-order valence-corrected chi connectivity index (χ2v) is 6.50. The third-order valence-corrected chi connectivity index (χ3v) is 3.47. The molecule has 0 amide bonds. The van der Waals surface area contributed by atoms with Crippen molar-refractivity contribution in [3.8, 4) is 11.8 Å². The maximum absolute atomic E-state index is 3.42. The minimum absolute atomic E-state index is 0.192. The zero-order valence-corrected chi connectivity index (χ0v) is 13.1. The van der Waals surface area contributed by atoms with E-state index >= 15 is 0 Å². The van der Waals surface area contributed by atoms with Gasteiger partial charge in [-0.05, 0) is 47.4 Å². The molecule has 0 nitrogen and oxygen atoms in total. The molecule has 0 aliphatic heterocycles. The lowest BCUT2D eigenvalue weighted by atomic mass is 9.87. The van der Waals surface area contributed by atoms with Crippen LogP contribution in [0, 0.1) is 11.8 Å². The van der Waals surface area contributed by atoms with Crippen molar-refractivity contribution in [3.05, 3.63) is 69.7 Å². The summed E-state index contributed by atoms with van der Waals surface area (Å²) in [4.78, 5) is 0. The minimum Gasteiger partial charge on any atom is -0.0617 e. The van der Waals surface area contributed by atoms with Crippen LogP contribution < -0.4 is 0 Å². The molecule has 2 rings (SSSR count). The molecule has 0 N–H and O–H groups in total. The van der Waals surface area contributed by atoms with Gasteiger partial charge in [-0.1, -0.05) is 60.7 Å². The molecule has 1 heteroatoms. The maximum Gasteiger partial charge on any atom is 0.0249 e. The highest BCUT2D eigenvalue weighted by atomic mass is 79.9. The third-order valence-electron chi connectivity index (χ3n) is 2.95. The van der Waals surface area contributed by atoms with Crippen LogP contribution in [-0.2, 0) is 5.41 Å². The highest BCUT2D eigenvalue weighted by Crippen LogP contribution is 2.21. The average Bonchev–Trinajstić information content (AvgIpc) is 2.37. The molecule has 19 heavy (non-hydrogen) atoms. The van der Waals surface area contributed by atoms with Gasteiger partial charge >= 0.3 is 0 Å². The Labute approximate surface area is 124 Å². The summed E-state index contributed by atoms with van der Waals surface area (Å²) in [5.74, 6) is 6.37. The van der Waals surface area contributed by atoms with Crippen molar-refractivity contribution >= 4 is 15.9 Å². The third kappa shape index (κ3) is 3.98. The Morgan fingerprint density at radius 2 is 1.16 bits per heavy atom. The molecule has 0 fully saturated rings. The highest BCUT2D eigenvalue weighted by Gasteiger charge is 2.12. The Kier molecular flexibility index (Phi) is 4.12. The van der Waals surface area contributed by atoms with Gasteiger partial charge in [-0.15, -0.1) is 0 Å². The van der Waals surface area contributed by atoms with Crippen LogP contribution in [-0.4, -0.2) is 0 Å². The van der Waals surface area contributed by atoms with Crippen molar-refractivity contribution in [2.24, 2.45) is 0 Å². The van der Waals surface area contributed by atoms with Gasteiger partial charge in [0.1, 0.15) is 0 Å². The number of benzene rings is 2. The van der Waals surface area contributed by atoms with Gasteiger partial charge in [0.05, 0.1) is 0 Å². The molecule has 0 saturated carbocycles. The monoisotopic (exact) mass is 312 g/mol. The van der Waals surface area contributed by atoms with Crippen LogP contribution >= 0.6 is 15.9 Å². The van der Waals surface area contributed by atoms with Crippen LogP contribution in [0.2, 0.25) is 0 Å². The van der Waals surface area contributed by atoms with Crippen LogP contribution in [0.1, 0.15) is 37.5 Å². The Balaban J connectivity index is 2.19. The molecule has 0 aromatic heterocycles. The SMILES string of the molecule is CC(C)(C)c1ccc(C#Cc2ccc(Br)cc2)cc1. The molecule has 0 aliphatic carbocycles. The number of rotatable bonds is 0. The molecule has 2 aromatic carbocycles. The van der Waals surface area contributed by atoms with Crippen LogP contribution in [0.15, 0.2) is 53.0 Å². The molecule has 0 unspecified atom stereocenters. The first kappa shape index (κ1) is 13.9. The molecule has 2 aromatic rings. The van der Waals surface area contributed by atoms with Gasteiger partial charge in [-0.25, -0.2) is 0 Å². The zero-order valence-electron chi connectivity index (χ0n) is 11.5. The Morgan fingerprint density at radius 3 is 1.58 bits per heavy atom. The summed E-state index contributed by atoms with van der Waals surface area (Å²) in [7, 11) is 0. The second kappa shape index (κ2) is 5.63. The van der Waals surface area contributed by atoms with Gasteiger partial charge < -0.3 is 0 Å². The summed E-state index contributed by atoms with van der Waals surface area (Å²) in [5, 5.41) is 0. The molecule has 0 saturated heterocycles. The smallest absolute Gasteiger partial charge is 0.0249 e. The summed E-state index contributed by atoms with van der Waals surface area (Å²) in [6.07, 6.45) is 0. The number of halogens is 1. The van der Waals surface area contributed by atoms with Crippen molar-refractivity contribution in [2.75, 3.05) is 0 Å². The molecule has 96 valence electrons. The fourth-order valence-corrected chi connectivity index (χ4v) is 2.00. The van der Waals surface area contributed by atoms with E-state index in [9.17, 15) is 0 Å². The second-order valence-electron chi connectivity index (χ2n) is 5.58. The van der Waals surface area contributed by atoms with Crippen molar-refractivity contribution in [3.63, 3.8) is 0 Å². The predicted octanol–water partition coefficient (Wildman–Crippen LogP) is 5.15. The lowest BCUT2D eigenvalue weighted by molar-refractivity contribution is 0.590. The average molecular weight is 313 g/mol. The van der Waals surface area contributed by atoms with Crippen LogP contribution in [0.5, 0.6) is 0 Å². The minimum atomic E-state index is 0.192. The fraction of sp³-hybridized carbons (Fsp3) is 0.222. The number of hydrogen-bond donors (Lipinski definition) is 0. The molecule has 0 bridgehead atoms. The summed E-state index contributed by atoms with van der Waals surface area (Å²) < 4.78 is 1.08. The molecule has 0 atom stereocenters. The first-order valence-corrected chi connectivity index (χ1v) is 7.12. The van der Waals surface area contributed by atoms with Crippen molar-refractivity contribution in [1.29, 1.82) is 0 Å². The Morgan fingerprint density at radius 1 is 0.737 bits per heavy atom. The summed E-state index contributed by atoms with van der Waals surface area (Å²) in [6, 6.07) is 16.5. The lowest BCUT2D eigenvalue weighted by Gasteiger charge is -2.18. The van der Waals surface area contributed by atoms with Crippen molar-refractivity contribution in [1.82, 2.24) is 0 Å². The zero-order chi connectivity index (χ0) is 13.9. The van der Waals surface area contributed by atoms with E-state index in [0.29, 0.717) is 0 Å². The normalized spacial score (nSPS) is 10.7. The highest BCUT2D eigenvalue weighted by molar-refractivity contribution is 9.10. The topological polar surface area (TPSA) is 0 Å². The van der Waals surface area contributed by atoms with Gasteiger partial charge in [-0.3, -0.25) is 0 Å². The van der Waals surface area contributed by atoms with Gasteiger partial charge in [0.15, 0.2) is 0 Å². The predicted molar refractivity (Wildman–Crippen MR) is 85.3 cm³/mol. The summed E-state index contributed by atoms with van der Waals surface area (Å²) >= 11 is 3.42. The fourth-order valence-electron chi connectivity index (χ4n) is 1.73. The van der Waals surface area contributed by atoms with Crippen LogP contribution in [0.3, 0.4) is 0 Å². The van der Waals surface area contributed by atoms with E-state index in [-0.39, 0.29) is 5.41 Å². The first-order chi connectivity index (χ1) is 8.95. The van der Waals surface area contributed by atoms with E-state index in [1.54, 1.807) is 0 Å². The van der Waals surface area contributed by atoms with Gasteiger partial charge in [-0.2, -0.15) is 0 Å². The molecule has 0 aliphatic rings. The first-order valence-electron chi connectivity index (χ1n) is 6.33. The van der Waals surface area contributed by atoms with Gasteiger partial charge in [0.2, 0.25) is 0 Å². The molecule has 0 heterocycles. The van der Waals surface area contributed by atoms with Crippen molar-refractivity contribution in [2.45, 2.75) is 26.2 Å². The molecular formula is C18H17Br. The quantitative estimate of drug-likeness (QED) is 0.590. The van der Waals surface area contributed by atoms with Gasteiger partial charge in [0.25, 0.3) is 0 Å². The standard InChI is InChI=1S/C18H17Br/c1-18(2,3)16-10-6-14(7-11-16)4-5-15-8-12-17(19)13-9-15/h6-13H,1-3H3. The van der Waals surface area contributed by atoms with E-state index in [1.807, 2.05) is 24.3 Å². The molecule has 0 spiro atoms. The summed E-state index contributed by atoms with van der Waals surface area (Å²) in [5.41, 5.74) is 3.61. The van der Waals surface area contributed by atoms with E-state index in [2.05, 4.69) is 72.8 Å². The molecular weight excluding hydrogens is 296 g/mol. The van der Waals surface area contributed by atoms with E-state index < -0.39 is 0 Å². The molecule has 0 radical (unpaired) electrons. The Bertz CT molecular complexity index is 602. The number of hydrogen-bond acceptors (Lipinski definition) is 0. The van der Waals surface area contributed by atoms with Crippen molar-refractivity contribution < 1.29 is 0 Å². The van der Waals surface area contributed by atoms with E-state index in [1.165, 1.54) is 5.56 Å². The maximum atomic E-state index is 3.42. The van der Waals surface area contributed by atoms with Crippen LogP contribution in [0.4, 0.5) is 0 Å². The largest absolute Gasteiger partial charge is 0.0617 e.